The number of carbonyl (C=O) groups excluding carboxylic acids is 1. The first-order valence-electron chi connectivity index (χ1n) is 7.63. The van der Waals surface area contributed by atoms with Gasteiger partial charge in [-0.25, -0.2) is 0 Å². The summed E-state index contributed by atoms with van der Waals surface area (Å²) < 4.78 is 0. The molecule has 0 aliphatic carbocycles. The van der Waals surface area contributed by atoms with Crippen molar-refractivity contribution >= 4 is 5.91 Å². The molecule has 3 heteroatoms. The summed E-state index contributed by atoms with van der Waals surface area (Å²) in [4.78, 5) is 12.1. The highest BCUT2D eigenvalue weighted by Crippen LogP contribution is 2.14. The summed E-state index contributed by atoms with van der Waals surface area (Å²) in [5, 5.41) is 3.04. The largest absolute Gasteiger partial charge is 0.354 e. The van der Waals surface area contributed by atoms with Gasteiger partial charge in [-0.2, -0.15) is 0 Å². The van der Waals surface area contributed by atoms with Gasteiger partial charge in [0.05, 0.1) is 0 Å². The fraction of sp³-hybridized carbons (Fsp3) is 0.933. The maximum absolute atomic E-state index is 12.1. The van der Waals surface area contributed by atoms with Crippen molar-refractivity contribution in [1.82, 2.24) is 5.32 Å². The van der Waals surface area contributed by atoms with E-state index in [-0.39, 0.29) is 17.9 Å². The molecular weight excluding hydrogens is 224 g/mol. The Balaban J connectivity index is 4.12. The Labute approximate surface area is 113 Å². The minimum absolute atomic E-state index is 0.0906. The van der Waals surface area contributed by atoms with Gasteiger partial charge in [0.1, 0.15) is 0 Å². The van der Waals surface area contributed by atoms with Crippen molar-refractivity contribution in [3.8, 4) is 0 Å². The molecule has 0 radical (unpaired) electrons. The van der Waals surface area contributed by atoms with E-state index in [1.54, 1.807) is 0 Å². The second-order valence-electron chi connectivity index (χ2n) is 5.26. The van der Waals surface area contributed by atoms with Crippen molar-refractivity contribution in [3.63, 3.8) is 0 Å². The molecule has 0 spiro atoms. The van der Waals surface area contributed by atoms with Gasteiger partial charge in [-0.15, -0.1) is 0 Å². The lowest BCUT2D eigenvalue weighted by Gasteiger charge is -2.23. The summed E-state index contributed by atoms with van der Waals surface area (Å²) >= 11 is 0. The van der Waals surface area contributed by atoms with Crippen LogP contribution < -0.4 is 11.1 Å². The zero-order valence-corrected chi connectivity index (χ0v) is 12.7. The van der Waals surface area contributed by atoms with Crippen molar-refractivity contribution in [1.29, 1.82) is 0 Å². The van der Waals surface area contributed by atoms with Crippen LogP contribution in [-0.2, 0) is 4.79 Å². The second-order valence-corrected chi connectivity index (χ2v) is 5.26. The molecule has 18 heavy (non-hydrogen) atoms. The molecule has 3 N–H and O–H groups in total. The lowest BCUT2D eigenvalue weighted by Crippen LogP contribution is -2.43. The average molecular weight is 256 g/mol. The van der Waals surface area contributed by atoms with Gasteiger partial charge in [-0.05, 0) is 18.8 Å². The van der Waals surface area contributed by atoms with Crippen molar-refractivity contribution in [2.75, 3.05) is 6.54 Å². The van der Waals surface area contributed by atoms with Crippen molar-refractivity contribution in [3.05, 3.63) is 0 Å². The van der Waals surface area contributed by atoms with Crippen molar-refractivity contribution in [2.45, 2.75) is 72.3 Å². The molecule has 3 nitrogen and oxygen atoms in total. The van der Waals surface area contributed by atoms with Gasteiger partial charge in [0.2, 0.25) is 5.91 Å². The molecule has 1 unspecified atom stereocenters. The van der Waals surface area contributed by atoms with E-state index in [0.29, 0.717) is 12.5 Å². The Morgan fingerprint density at radius 1 is 1.06 bits per heavy atom. The first kappa shape index (κ1) is 17.4. The smallest absolute Gasteiger partial charge is 0.223 e. The zero-order chi connectivity index (χ0) is 14.0. The maximum Gasteiger partial charge on any atom is 0.223 e. The lowest BCUT2D eigenvalue weighted by atomic mass is 9.94. The number of nitrogens with one attached hydrogen (secondary N) is 1. The van der Waals surface area contributed by atoms with E-state index in [9.17, 15) is 4.79 Å². The highest BCUT2D eigenvalue weighted by atomic mass is 16.1. The van der Waals surface area contributed by atoms with E-state index in [4.69, 9.17) is 5.73 Å². The predicted octanol–water partition coefficient (Wildman–Crippen LogP) is 3.08. The minimum Gasteiger partial charge on any atom is -0.354 e. The minimum atomic E-state index is 0.0906. The third-order valence-corrected chi connectivity index (χ3v) is 3.81. The molecule has 0 saturated heterocycles. The molecule has 0 aliphatic heterocycles. The number of amides is 1. The van der Waals surface area contributed by atoms with E-state index in [2.05, 4.69) is 33.0 Å². The van der Waals surface area contributed by atoms with Gasteiger partial charge >= 0.3 is 0 Å². The standard InChI is InChI=1S/C15H32N2O/c1-5-9-13(10-6-2)15(18)17-11-14(16)12(7-3)8-4/h12-14H,5-11,16H2,1-4H3,(H,17,18). The molecule has 0 aromatic heterocycles. The van der Waals surface area contributed by atoms with Crippen LogP contribution in [-0.4, -0.2) is 18.5 Å². The third kappa shape index (κ3) is 6.39. The van der Waals surface area contributed by atoms with Gasteiger partial charge in [0, 0.05) is 18.5 Å². The number of hydrogen-bond donors (Lipinski definition) is 2. The van der Waals surface area contributed by atoms with Gasteiger partial charge in [-0.3, -0.25) is 4.79 Å². The van der Waals surface area contributed by atoms with Crippen LogP contribution in [0.2, 0.25) is 0 Å². The van der Waals surface area contributed by atoms with Gasteiger partial charge in [0.15, 0.2) is 0 Å². The van der Waals surface area contributed by atoms with E-state index in [1.165, 1.54) is 0 Å². The number of nitrogens with two attached hydrogens (primary N) is 1. The normalized spacial score (nSPS) is 13.1. The Bertz CT molecular complexity index is 209. The summed E-state index contributed by atoms with van der Waals surface area (Å²) in [5.41, 5.74) is 6.12. The molecule has 0 aromatic carbocycles. The molecule has 1 atom stereocenters. The predicted molar refractivity (Wildman–Crippen MR) is 78.4 cm³/mol. The monoisotopic (exact) mass is 256 g/mol. The molecule has 108 valence electrons. The third-order valence-electron chi connectivity index (χ3n) is 3.81. The summed E-state index contributed by atoms with van der Waals surface area (Å²) in [7, 11) is 0. The summed E-state index contributed by atoms with van der Waals surface area (Å²) in [6, 6.07) is 0.0906. The van der Waals surface area contributed by atoms with Gasteiger partial charge < -0.3 is 11.1 Å². The van der Waals surface area contributed by atoms with Crippen LogP contribution in [0, 0.1) is 11.8 Å². The summed E-state index contributed by atoms with van der Waals surface area (Å²) in [6.45, 7) is 9.20. The van der Waals surface area contributed by atoms with Crippen LogP contribution in [0.3, 0.4) is 0 Å². The Morgan fingerprint density at radius 2 is 1.56 bits per heavy atom. The first-order chi connectivity index (χ1) is 8.60. The fourth-order valence-corrected chi connectivity index (χ4v) is 2.53. The molecule has 0 heterocycles. The summed E-state index contributed by atoms with van der Waals surface area (Å²) in [6.07, 6.45) is 6.27. The van der Waals surface area contributed by atoms with E-state index < -0.39 is 0 Å². The SMILES string of the molecule is CCCC(CCC)C(=O)NCC(N)C(CC)CC. The molecule has 1 amide bonds. The van der Waals surface area contributed by atoms with E-state index in [1.807, 2.05) is 0 Å². The van der Waals surface area contributed by atoms with Crippen LogP contribution in [0.4, 0.5) is 0 Å². The molecule has 0 saturated carbocycles. The molecule has 0 bridgehead atoms. The Hall–Kier alpha value is -0.570. The molecule has 0 aliphatic rings. The highest BCUT2D eigenvalue weighted by molar-refractivity contribution is 5.78. The highest BCUT2D eigenvalue weighted by Gasteiger charge is 2.19. The number of hydrogen-bond acceptors (Lipinski definition) is 2. The number of carbonyl (C=O) groups is 1. The van der Waals surface area contributed by atoms with Gasteiger partial charge in [0.25, 0.3) is 0 Å². The van der Waals surface area contributed by atoms with Crippen molar-refractivity contribution in [2.24, 2.45) is 17.6 Å². The van der Waals surface area contributed by atoms with Crippen LogP contribution in [0.25, 0.3) is 0 Å². The van der Waals surface area contributed by atoms with E-state index in [0.717, 1.165) is 38.5 Å². The van der Waals surface area contributed by atoms with Crippen LogP contribution >= 0.6 is 0 Å². The fourth-order valence-electron chi connectivity index (χ4n) is 2.53. The maximum atomic E-state index is 12.1. The topological polar surface area (TPSA) is 55.1 Å². The van der Waals surface area contributed by atoms with Crippen LogP contribution in [0.5, 0.6) is 0 Å². The number of rotatable bonds is 10. The molecule has 0 fully saturated rings. The first-order valence-corrected chi connectivity index (χ1v) is 7.63. The van der Waals surface area contributed by atoms with Crippen molar-refractivity contribution < 1.29 is 4.79 Å². The van der Waals surface area contributed by atoms with Gasteiger partial charge in [-0.1, -0.05) is 53.4 Å². The molecule has 0 rings (SSSR count). The molecular formula is C15H32N2O. The summed E-state index contributed by atoms with van der Waals surface area (Å²) in [5.74, 6) is 0.884. The van der Waals surface area contributed by atoms with Crippen LogP contribution in [0.15, 0.2) is 0 Å². The quantitative estimate of drug-likeness (QED) is 0.631. The lowest BCUT2D eigenvalue weighted by molar-refractivity contribution is -0.125. The molecule has 0 aromatic rings. The Morgan fingerprint density at radius 3 is 1.94 bits per heavy atom. The average Bonchev–Trinajstić information content (AvgIpc) is 2.37. The Kier molecular flexibility index (Phi) is 10.0. The van der Waals surface area contributed by atoms with Crippen LogP contribution in [0.1, 0.15) is 66.2 Å². The van der Waals surface area contributed by atoms with E-state index >= 15 is 0 Å². The second kappa shape index (κ2) is 10.4. The zero-order valence-electron chi connectivity index (χ0n) is 12.7.